The summed E-state index contributed by atoms with van der Waals surface area (Å²) >= 11 is 0. The van der Waals surface area contributed by atoms with Crippen LogP contribution in [0, 0.1) is 17.8 Å². The lowest BCUT2D eigenvalue weighted by Crippen LogP contribution is -2.34. The van der Waals surface area contributed by atoms with Gasteiger partial charge in [0, 0.05) is 26.2 Å². The largest absolute Gasteiger partial charge is 0.371 e. The molecule has 98 valence electrons. The highest BCUT2D eigenvalue weighted by Crippen LogP contribution is 2.29. The van der Waals surface area contributed by atoms with Crippen molar-refractivity contribution in [1.29, 1.82) is 0 Å². The van der Waals surface area contributed by atoms with E-state index >= 15 is 0 Å². The molecule has 0 unspecified atom stereocenters. The van der Waals surface area contributed by atoms with Crippen LogP contribution in [0.5, 0.6) is 0 Å². The van der Waals surface area contributed by atoms with Gasteiger partial charge in [-0.15, -0.1) is 12.4 Å². The smallest absolute Gasteiger partial charge is 0.248 e. The monoisotopic (exact) mass is 260 g/mol. The second kappa shape index (κ2) is 5.55. The fraction of sp³-hybridized carbons (Fsp3) is 0.917. The number of fused-ring (bicyclic) bond motifs is 1. The van der Waals surface area contributed by atoms with Gasteiger partial charge in [-0.2, -0.15) is 0 Å². The molecule has 2 atom stereocenters. The van der Waals surface area contributed by atoms with Crippen molar-refractivity contribution in [2.24, 2.45) is 17.8 Å². The summed E-state index contributed by atoms with van der Waals surface area (Å²) in [6.07, 6.45) is 2.57. The maximum absolute atomic E-state index is 11.9. The average molecular weight is 261 g/mol. The van der Waals surface area contributed by atoms with Crippen LogP contribution in [-0.2, 0) is 9.53 Å². The minimum absolute atomic E-state index is 0. The molecule has 1 N–H and O–H groups in total. The van der Waals surface area contributed by atoms with Gasteiger partial charge in [-0.1, -0.05) is 0 Å². The molecule has 0 aromatic rings. The van der Waals surface area contributed by atoms with Gasteiger partial charge < -0.3 is 15.0 Å². The fourth-order valence-corrected chi connectivity index (χ4v) is 2.75. The van der Waals surface area contributed by atoms with E-state index < -0.39 is 0 Å². The summed E-state index contributed by atoms with van der Waals surface area (Å²) in [5, 5.41) is 3.38. The standard InChI is InChI=1S/C12H20N2O2.ClH/c15-12(8-16-7-9-1-2-9)14-5-10-3-13-4-11(10)6-14;/h9-11,13H,1-8H2;1H/t10-,11+;. The molecule has 0 spiro atoms. The van der Waals surface area contributed by atoms with E-state index in [1.54, 1.807) is 0 Å². The first-order valence-corrected chi connectivity index (χ1v) is 6.39. The molecule has 2 heterocycles. The van der Waals surface area contributed by atoms with Gasteiger partial charge >= 0.3 is 0 Å². The van der Waals surface area contributed by atoms with Crippen molar-refractivity contribution < 1.29 is 9.53 Å². The van der Waals surface area contributed by atoms with Crippen LogP contribution in [0.1, 0.15) is 12.8 Å². The summed E-state index contributed by atoms with van der Waals surface area (Å²) in [5.74, 6) is 2.31. The first-order valence-electron chi connectivity index (χ1n) is 6.39. The zero-order chi connectivity index (χ0) is 11.0. The number of halogens is 1. The summed E-state index contributed by atoms with van der Waals surface area (Å²) in [4.78, 5) is 13.8. The summed E-state index contributed by atoms with van der Waals surface area (Å²) in [6.45, 7) is 5.11. The molecule has 3 fully saturated rings. The van der Waals surface area contributed by atoms with Gasteiger partial charge in [0.1, 0.15) is 6.61 Å². The number of hydrogen-bond donors (Lipinski definition) is 1. The van der Waals surface area contributed by atoms with E-state index in [-0.39, 0.29) is 18.3 Å². The van der Waals surface area contributed by atoms with Crippen molar-refractivity contribution in [3.05, 3.63) is 0 Å². The van der Waals surface area contributed by atoms with Gasteiger partial charge in [-0.25, -0.2) is 0 Å². The average Bonchev–Trinajstić information content (AvgIpc) is 2.84. The highest BCUT2D eigenvalue weighted by molar-refractivity contribution is 5.85. The molecule has 4 nitrogen and oxygen atoms in total. The van der Waals surface area contributed by atoms with Gasteiger partial charge in [0.05, 0.1) is 6.61 Å². The lowest BCUT2D eigenvalue weighted by molar-refractivity contribution is -0.135. The summed E-state index contributed by atoms with van der Waals surface area (Å²) < 4.78 is 5.45. The Balaban J connectivity index is 0.00000108. The zero-order valence-electron chi connectivity index (χ0n) is 10.1. The van der Waals surface area contributed by atoms with Crippen LogP contribution in [0.15, 0.2) is 0 Å². The lowest BCUT2D eigenvalue weighted by atomic mass is 10.0. The zero-order valence-corrected chi connectivity index (χ0v) is 10.9. The Kier molecular flexibility index (Phi) is 4.28. The molecule has 1 amide bonds. The maximum atomic E-state index is 11.9. The van der Waals surface area contributed by atoms with Crippen LogP contribution in [0.2, 0.25) is 0 Å². The van der Waals surface area contributed by atoms with E-state index in [1.807, 2.05) is 4.90 Å². The van der Waals surface area contributed by atoms with Crippen molar-refractivity contribution in [3.63, 3.8) is 0 Å². The van der Waals surface area contributed by atoms with Crippen LogP contribution >= 0.6 is 12.4 Å². The minimum atomic E-state index is 0. The Morgan fingerprint density at radius 1 is 1.24 bits per heavy atom. The van der Waals surface area contributed by atoms with E-state index in [4.69, 9.17) is 4.74 Å². The Bertz CT molecular complexity index is 272. The topological polar surface area (TPSA) is 41.6 Å². The second-order valence-electron chi connectivity index (χ2n) is 5.44. The minimum Gasteiger partial charge on any atom is -0.371 e. The molecule has 2 aliphatic heterocycles. The number of hydrogen-bond acceptors (Lipinski definition) is 3. The van der Waals surface area contributed by atoms with Gasteiger partial charge in [-0.05, 0) is 30.6 Å². The molecular weight excluding hydrogens is 240 g/mol. The van der Waals surface area contributed by atoms with E-state index in [1.165, 1.54) is 12.8 Å². The molecule has 0 bridgehead atoms. The van der Waals surface area contributed by atoms with Gasteiger partial charge in [0.2, 0.25) is 5.91 Å². The molecule has 3 rings (SSSR count). The molecule has 0 aromatic heterocycles. The quantitative estimate of drug-likeness (QED) is 0.801. The van der Waals surface area contributed by atoms with Crippen LogP contribution in [0.4, 0.5) is 0 Å². The number of rotatable bonds is 4. The third kappa shape index (κ3) is 3.12. The van der Waals surface area contributed by atoms with Crippen molar-refractivity contribution in [2.75, 3.05) is 39.4 Å². The van der Waals surface area contributed by atoms with Gasteiger partial charge in [-0.3, -0.25) is 4.79 Å². The van der Waals surface area contributed by atoms with Gasteiger partial charge in [0.25, 0.3) is 0 Å². The Labute approximate surface area is 108 Å². The van der Waals surface area contributed by atoms with Crippen molar-refractivity contribution in [3.8, 4) is 0 Å². The number of ether oxygens (including phenoxy) is 1. The van der Waals surface area contributed by atoms with E-state index in [0.717, 1.165) is 38.7 Å². The molecule has 1 aliphatic carbocycles. The lowest BCUT2D eigenvalue weighted by Gasteiger charge is -2.17. The normalized spacial score (nSPS) is 31.2. The van der Waals surface area contributed by atoms with Gasteiger partial charge in [0.15, 0.2) is 0 Å². The molecule has 1 saturated carbocycles. The third-order valence-corrected chi connectivity index (χ3v) is 4.02. The van der Waals surface area contributed by atoms with Crippen LogP contribution in [0.25, 0.3) is 0 Å². The van der Waals surface area contributed by atoms with Crippen molar-refractivity contribution >= 4 is 18.3 Å². The number of amides is 1. The molecule has 17 heavy (non-hydrogen) atoms. The predicted octanol–water partition coefficient (Wildman–Crippen LogP) is 0.513. The number of nitrogens with zero attached hydrogens (tertiary/aromatic N) is 1. The van der Waals surface area contributed by atoms with Crippen LogP contribution in [-0.4, -0.2) is 50.2 Å². The van der Waals surface area contributed by atoms with E-state index in [0.29, 0.717) is 18.4 Å². The van der Waals surface area contributed by atoms with Crippen molar-refractivity contribution in [2.45, 2.75) is 12.8 Å². The van der Waals surface area contributed by atoms with E-state index in [9.17, 15) is 4.79 Å². The second-order valence-corrected chi connectivity index (χ2v) is 5.44. The van der Waals surface area contributed by atoms with Crippen LogP contribution in [0.3, 0.4) is 0 Å². The Hall–Kier alpha value is -0.320. The first-order chi connectivity index (χ1) is 7.83. The summed E-state index contributed by atoms with van der Waals surface area (Å²) in [7, 11) is 0. The molecule has 0 aromatic carbocycles. The highest BCUT2D eigenvalue weighted by atomic mass is 35.5. The summed E-state index contributed by atoms with van der Waals surface area (Å²) in [5.41, 5.74) is 0. The molecule has 2 saturated heterocycles. The Morgan fingerprint density at radius 2 is 1.88 bits per heavy atom. The fourth-order valence-electron chi connectivity index (χ4n) is 2.75. The molecular formula is C12H21ClN2O2. The molecule has 5 heteroatoms. The SMILES string of the molecule is Cl.O=C(COCC1CC1)N1C[C@H]2CNC[C@H]2C1. The number of likely N-dealkylation sites (tertiary alicyclic amines) is 1. The predicted molar refractivity (Wildman–Crippen MR) is 67.2 cm³/mol. The summed E-state index contributed by atoms with van der Waals surface area (Å²) in [6, 6.07) is 0. The molecule has 3 aliphatic rings. The first kappa shape index (κ1) is 13.1. The third-order valence-electron chi connectivity index (χ3n) is 4.02. The highest BCUT2D eigenvalue weighted by Gasteiger charge is 2.37. The number of carbonyl (C=O) groups is 1. The van der Waals surface area contributed by atoms with E-state index in [2.05, 4.69) is 5.32 Å². The van der Waals surface area contributed by atoms with Crippen molar-refractivity contribution in [1.82, 2.24) is 10.2 Å². The maximum Gasteiger partial charge on any atom is 0.248 e. The number of carbonyl (C=O) groups excluding carboxylic acids is 1. The molecule has 0 radical (unpaired) electrons. The Morgan fingerprint density at radius 3 is 2.47 bits per heavy atom. The van der Waals surface area contributed by atoms with Crippen LogP contribution < -0.4 is 5.32 Å². The number of nitrogens with one attached hydrogen (secondary N) is 1.